The highest BCUT2D eigenvalue weighted by molar-refractivity contribution is 5.33. The van der Waals surface area contributed by atoms with Gasteiger partial charge in [0.15, 0.2) is 0 Å². The first-order valence-electron chi connectivity index (χ1n) is 6.78. The second-order valence-corrected chi connectivity index (χ2v) is 5.89. The fourth-order valence-corrected chi connectivity index (χ4v) is 1.97. The van der Waals surface area contributed by atoms with Gasteiger partial charge in [-0.1, -0.05) is 30.7 Å². The molecule has 0 bridgehead atoms. The predicted molar refractivity (Wildman–Crippen MR) is 78.0 cm³/mol. The summed E-state index contributed by atoms with van der Waals surface area (Å²) in [5.74, 6) is 0. The number of rotatable bonds is 5. The number of ether oxygens (including phenoxy) is 1. The number of hydrogen-bond donors (Lipinski definition) is 1. The van der Waals surface area contributed by atoms with Gasteiger partial charge in [-0.05, 0) is 52.3 Å². The Labute approximate surface area is 112 Å². The van der Waals surface area contributed by atoms with Crippen molar-refractivity contribution in [3.05, 3.63) is 34.9 Å². The van der Waals surface area contributed by atoms with Crippen LogP contribution < -0.4 is 5.32 Å². The standard InChI is InChI=1S/C16H27NO/c1-7-17-15(11-18-16(4,5)6)14-10-12(2)8-9-13(14)3/h8-10,15,17H,7,11H2,1-6H3. The van der Waals surface area contributed by atoms with Crippen LogP contribution in [-0.4, -0.2) is 18.8 Å². The van der Waals surface area contributed by atoms with E-state index in [4.69, 9.17) is 4.74 Å². The molecule has 0 saturated carbocycles. The molecule has 0 amide bonds. The van der Waals surface area contributed by atoms with Crippen molar-refractivity contribution in [3.8, 4) is 0 Å². The summed E-state index contributed by atoms with van der Waals surface area (Å²) in [6, 6.07) is 6.88. The maximum Gasteiger partial charge on any atom is 0.0668 e. The first kappa shape index (κ1) is 15.2. The molecular formula is C16H27NO. The Kier molecular flexibility index (Phi) is 5.36. The van der Waals surface area contributed by atoms with Crippen LogP contribution >= 0.6 is 0 Å². The Morgan fingerprint density at radius 1 is 1.22 bits per heavy atom. The van der Waals surface area contributed by atoms with Gasteiger partial charge in [0.2, 0.25) is 0 Å². The van der Waals surface area contributed by atoms with E-state index < -0.39 is 0 Å². The SMILES string of the molecule is CCNC(COC(C)(C)C)c1cc(C)ccc1C. The summed E-state index contributed by atoms with van der Waals surface area (Å²) < 4.78 is 5.93. The van der Waals surface area contributed by atoms with Crippen molar-refractivity contribution in [2.45, 2.75) is 53.2 Å². The summed E-state index contributed by atoms with van der Waals surface area (Å²) in [7, 11) is 0. The van der Waals surface area contributed by atoms with Crippen molar-refractivity contribution in [2.24, 2.45) is 0 Å². The minimum Gasteiger partial charge on any atom is -0.374 e. The van der Waals surface area contributed by atoms with Crippen LogP contribution in [0.4, 0.5) is 0 Å². The van der Waals surface area contributed by atoms with Crippen LogP contribution in [0.3, 0.4) is 0 Å². The molecule has 0 spiro atoms. The molecule has 1 aromatic rings. The van der Waals surface area contributed by atoms with Gasteiger partial charge in [-0.2, -0.15) is 0 Å². The van der Waals surface area contributed by atoms with Gasteiger partial charge in [0, 0.05) is 0 Å². The van der Waals surface area contributed by atoms with Gasteiger partial charge in [0.1, 0.15) is 0 Å². The second kappa shape index (κ2) is 6.35. The Bertz CT molecular complexity index is 379. The van der Waals surface area contributed by atoms with Crippen molar-refractivity contribution in [2.75, 3.05) is 13.2 Å². The molecule has 2 heteroatoms. The Balaban J connectivity index is 2.86. The fraction of sp³-hybridized carbons (Fsp3) is 0.625. The van der Waals surface area contributed by atoms with Crippen LogP contribution in [0.2, 0.25) is 0 Å². The lowest BCUT2D eigenvalue weighted by Crippen LogP contribution is -2.30. The lowest BCUT2D eigenvalue weighted by atomic mass is 9.99. The van der Waals surface area contributed by atoms with Gasteiger partial charge in [0.25, 0.3) is 0 Å². The molecule has 0 heterocycles. The quantitative estimate of drug-likeness (QED) is 0.857. The lowest BCUT2D eigenvalue weighted by molar-refractivity contribution is -0.0147. The molecular weight excluding hydrogens is 222 g/mol. The maximum atomic E-state index is 5.93. The molecule has 0 saturated heterocycles. The molecule has 2 nitrogen and oxygen atoms in total. The summed E-state index contributed by atoms with van der Waals surface area (Å²) in [5.41, 5.74) is 3.88. The summed E-state index contributed by atoms with van der Waals surface area (Å²) in [6.45, 7) is 14.4. The highest BCUT2D eigenvalue weighted by Crippen LogP contribution is 2.21. The van der Waals surface area contributed by atoms with Gasteiger partial charge in [-0.15, -0.1) is 0 Å². The maximum absolute atomic E-state index is 5.93. The molecule has 1 unspecified atom stereocenters. The molecule has 1 rings (SSSR count). The van der Waals surface area contributed by atoms with E-state index in [0.717, 1.165) is 6.54 Å². The molecule has 102 valence electrons. The summed E-state index contributed by atoms with van der Waals surface area (Å²) in [6.07, 6.45) is 0. The van der Waals surface area contributed by atoms with Crippen molar-refractivity contribution in [1.29, 1.82) is 0 Å². The molecule has 0 fully saturated rings. The van der Waals surface area contributed by atoms with E-state index >= 15 is 0 Å². The zero-order chi connectivity index (χ0) is 13.8. The topological polar surface area (TPSA) is 21.3 Å². The normalized spacial score (nSPS) is 13.7. The Hall–Kier alpha value is -0.860. The average Bonchev–Trinajstić information content (AvgIpc) is 2.26. The second-order valence-electron chi connectivity index (χ2n) is 5.89. The zero-order valence-corrected chi connectivity index (χ0v) is 12.6. The van der Waals surface area contributed by atoms with Crippen molar-refractivity contribution >= 4 is 0 Å². The van der Waals surface area contributed by atoms with Crippen LogP contribution in [0.5, 0.6) is 0 Å². The van der Waals surface area contributed by atoms with E-state index in [2.05, 4.69) is 65.1 Å². The predicted octanol–water partition coefficient (Wildman–Crippen LogP) is 3.77. The summed E-state index contributed by atoms with van der Waals surface area (Å²) in [5, 5.41) is 3.51. The Morgan fingerprint density at radius 3 is 2.44 bits per heavy atom. The monoisotopic (exact) mass is 249 g/mol. The van der Waals surface area contributed by atoms with Crippen LogP contribution in [0, 0.1) is 13.8 Å². The van der Waals surface area contributed by atoms with Crippen molar-refractivity contribution in [1.82, 2.24) is 5.32 Å². The largest absolute Gasteiger partial charge is 0.374 e. The van der Waals surface area contributed by atoms with E-state index in [1.54, 1.807) is 0 Å². The summed E-state index contributed by atoms with van der Waals surface area (Å²) in [4.78, 5) is 0. The van der Waals surface area contributed by atoms with E-state index in [0.29, 0.717) is 6.61 Å². The average molecular weight is 249 g/mol. The molecule has 0 aliphatic carbocycles. The third-order valence-electron chi connectivity index (χ3n) is 2.94. The number of nitrogens with one attached hydrogen (secondary N) is 1. The zero-order valence-electron chi connectivity index (χ0n) is 12.6. The van der Waals surface area contributed by atoms with Crippen molar-refractivity contribution in [3.63, 3.8) is 0 Å². The number of hydrogen-bond acceptors (Lipinski definition) is 2. The van der Waals surface area contributed by atoms with Crippen LogP contribution in [-0.2, 0) is 4.74 Å². The van der Waals surface area contributed by atoms with Gasteiger partial charge < -0.3 is 10.1 Å². The van der Waals surface area contributed by atoms with E-state index in [-0.39, 0.29) is 11.6 Å². The third-order valence-corrected chi connectivity index (χ3v) is 2.94. The molecule has 0 aromatic heterocycles. The van der Waals surface area contributed by atoms with E-state index in [1.807, 2.05) is 0 Å². The highest BCUT2D eigenvalue weighted by Gasteiger charge is 2.17. The minimum absolute atomic E-state index is 0.0919. The molecule has 0 radical (unpaired) electrons. The number of aryl methyl sites for hydroxylation is 2. The summed E-state index contributed by atoms with van der Waals surface area (Å²) >= 11 is 0. The van der Waals surface area contributed by atoms with Crippen LogP contribution in [0.15, 0.2) is 18.2 Å². The lowest BCUT2D eigenvalue weighted by Gasteiger charge is -2.26. The van der Waals surface area contributed by atoms with Crippen molar-refractivity contribution < 1.29 is 4.74 Å². The Morgan fingerprint density at radius 2 is 1.89 bits per heavy atom. The highest BCUT2D eigenvalue weighted by atomic mass is 16.5. The molecule has 1 aromatic carbocycles. The first-order valence-corrected chi connectivity index (χ1v) is 6.78. The fourth-order valence-electron chi connectivity index (χ4n) is 1.97. The van der Waals surface area contributed by atoms with Gasteiger partial charge in [-0.25, -0.2) is 0 Å². The molecule has 1 atom stereocenters. The molecule has 18 heavy (non-hydrogen) atoms. The van der Waals surface area contributed by atoms with Crippen LogP contribution in [0.1, 0.15) is 50.4 Å². The number of benzene rings is 1. The molecule has 1 N–H and O–H groups in total. The van der Waals surface area contributed by atoms with E-state index in [9.17, 15) is 0 Å². The van der Waals surface area contributed by atoms with E-state index in [1.165, 1.54) is 16.7 Å². The molecule has 0 aliphatic rings. The first-order chi connectivity index (χ1) is 8.33. The third kappa shape index (κ3) is 4.79. The van der Waals surface area contributed by atoms with Gasteiger partial charge in [-0.3, -0.25) is 0 Å². The van der Waals surface area contributed by atoms with Gasteiger partial charge in [0.05, 0.1) is 18.2 Å². The minimum atomic E-state index is -0.0919. The van der Waals surface area contributed by atoms with Gasteiger partial charge >= 0.3 is 0 Å². The van der Waals surface area contributed by atoms with Crippen LogP contribution in [0.25, 0.3) is 0 Å². The smallest absolute Gasteiger partial charge is 0.0668 e. The molecule has 0 aliphatic heterocycles. The number of likely N-dealkylation sites (N-methyl/N-ethyl adjacent to an activating group) is 1.